The van der Waals surface area contributed by atoms with Crippen LogP contribution in [0.25, 0.3) is 0 Å². The highest BCUT2D eigenvalue weighted by atomic mass is 16.2. The summed E-state index contributed by atoms with van der Waals surface area (Å²) < 4.78 is 0. The van der Waals surface area contributed by atoms with Gasteiger partial charge in [-0.05, 0) is 56.8 Å². The Morgan fingerprint density at radius 1 is 1.00 bits per heavy atom. The predicted molar refractivity (Wildman–Crippen MR) is 107 cm³/mol. The minimum atomic E-state index is 0.272. The number of rotatable bonds is 4. The highest BCUT2D eigenvalue weighted by Crippen LogP contribution is 2.24. The molecule has 1 aromatic rings. The summed E-state index contributed by atoms with van der Waals surface area (Å²) in [6.07, 6.45) is 4.67. The summed E-state index contributed by atoms with van der Waals surface area (Å²) in [5.41, 5.74) is 5.71. The molecule has 1 atom stereocenters. The Hall–Kier alpha value is -1.39. The largest absolute Gasteiger partial charge is 0.344 e. The van der Waals surface area contributed by atoms with Gasteiger partial charge in [0.05, 0.1) is 0 Å². The SMILES string of the molecule is Cc1cc(CN2CCC(=O)N(C)CC2)c(C)c(CN2CCCC[C@@H]2C)c1. The van der Waals surface area contributed by atoms with E-state index in [0.29, 0.717) is 12.5 Å². The van der Waals surface area contributed by atoms with Crippen molar-refractivity contribution in [2.45, 2.75) is 65.6 Å². The maximum atomic E-state index is 11.9. The predicted octanol–water partition coefficient (Wildman–Crippen LogP) is 3.34. The van der Waals surface area contributed by atoms with E-state index < -0.39 is 0 Å². The lowest BCUT2D eigenvalue weighted by molar-refractivity contribution is -0.129. The molecule has 2 fully saturated rings. The fourth-order valence-corrected chi connectivity index (χ4v) is 4.33. The Morgan fingerprint density at radius 3 is 2.46 bits per heavy atom. The molecule has 4 nitrogen and oxygen atoms in total. The molecule has 0 spiro atoms. The molecule has 0 saturated carbocycles. The van der Waals surface area contributed by atoms with Gasteiger partial charge in [0, 0.05) is 52.2 Å². The van der Waals surface area contributed by atoms with Crippen LogP contribution in [0.5, 0.6) is 0 Å². The van der Waals surface area contributed by atoms with Crippen molar-refractivity contribution in [3.8, 4) is 0 Å². The van der Waals surface area contributed by atoms with E-state index in [0.717, 1.165) is 32.7 Å². The summed E-state index contributed by atoms with van der Waals surface area (Å²) in [5.74, 6) is 0.272. The van der Waals surface area contributed by atoms with Crippen molar-refractivity contribution >= 4 is 5.91 Å². The molecule has 0 bridgehead atoms. The Balaban J connectivity index is 1.73. The van der Waals surface area contributed by atoms with Gasteiger partial charge in [-0.3, -0.25) is 14.6 Å². The first-order valence-corrected chi connectivity index (χ1v) is 10.2. The molecule has 2 aliphatic rings. The third-order valence-electron chi connectivity index (χ3n) is 6.29. The van der Waals surface area contributed by atoms with Crippen LogP contribution in [0.4, 0.5) is 0 Å². The van der Waals surface area contributed by atoms with Gasteiger partial charge in [0.25, 0.3) is 0 Å². The molecule has 4 heteroatoms. The molecule has 1 amide bonds. The smallest absolute Gasteiger partial charge is 0.223 e. The van der Waals surface area contributed by atoms with E-state index in [1.54, 1.807) is 0 Å². The van der Waals surface area contributed by atoms with Crippen LogP contribution in [0.1, 0.15) is 54.9 Å². The van der Waals surface area contributed by atoms with E-state index in [9.17, 15) is 4.79 Å². The Morgan fingerprint density at radius 2 is 1.73 bits per heavy atom. The molecule has 1 aromatic carbocycles. The van der Waals surface area contributed by atoms with Crippen LogP contribution in [0.3, 0.4) is 0 Å². The number of carbonyl (C=O) groups is 1. The lowest BCUT2D eigenvalue weighted by atomic mass is 9.96. The summed E-state index contributed by atoms with van der Waals surface area (Å²) in [5, 5.41) is 0. The minimum Gasteiger partial charge on any atom is -0.344 e. The molecule has 0 unspecified atom stereocenters. The number of benzene rings is 1. The summed E-state index contributed by atoms with van der Waals surface area (Å²) in [6, 6.07) is 5.41. The number of nitrogens with zero attached hydrogens (tertiary/aromatic N) is 3. The second-order valence-corrected chi connectivity index (χ2v) is 8.36. The molecule has 0 radical (unpaired) electrons. The van der Waals surface area contributed by atoms with E-state index >= 15 is 0 Å². The van der Waals surface area contributed by atoms with Gasteiger partial charge >= 0.3 is 0 Å². The van der Waals surface area contributed by atoms with Gasteiger partial charge in [0.2, 0.25) is 5.91 Å². The quantitative estimate of drug-likeness (QED) is 0.827. The topological polar surface area (TPSA) is 26.8 Å². The zero-order chi connectivity index (χ0) is 18.7. The van der Waals surface area contributed by atoms with Crippen molar-refractivity contribution in [1.82, 2.24) is 14.7 Å². The van der Waals surface area contributed by atoms with Crippen molar-refractivity contribution in [2.75, 3.05) is 33.2 Å². The number of carbonyl (C=O) groups excluding carboxylic acids is 1. The summed E-state index contributed by atoms with van der Waals surface area (Å²) in [7, 11) is 1.92. The second kappa shape index (κ2) is 8.53. The molecule has 0 aromatic heterocycles. The van der Waals surface area contributed by atoms with Crippen molar-refractivity contribution in [2.24, 2.45) is 0 Å². The molecule has 3 rings (SSSR count). The molecule has 0 aliphatic carbocycles. The Bertz CT molecular complexity index is 643. The van der Waals surface area contributed by atoms with E-state index in [1.807, 2.05) is 11.9 Å². The number of likely N-dealkylation sites (N-methyl/N-ethyl adjacent to an activating group) is 1. The average molecular weight is 358 g/mol. The number of piperidine rings is 1. The first-order chi connectivity index (χ1) is 12.4. The van der Waals surface area contributed by atoms with Gasteiger partial charge in [-0.1, -0.05) is 24.1 Å². The maximum absolute atomic E-state index is 11.9. The van der Waals surface area contributed by atoms with E-state index in [1.165, 1.54) is 48.1 Å². The van der Waals surface area contributed by atoms with Gasteiger partial charge in [-0.15, -0.1) is 0 Å². The van der Waals surface area contributed by atoms with E-state index in [2.05, 4.69) is 42.7 Å². The Kier molecular flexibility index (Phi) is 6.36. The molecular formula is C22H35N3O. The van der Waals surface area contributed by atoms with Crippen LogP contribution >= 0.6 is 0 Å². The molecule has 2 saturated heterocycles. The van der Waals surface area contributed by atoms with Crippen LogP contribution < -0.4 is 0 Å². The fourth-order valence-electron chi connectivity index (χ4n) is 4.33. The van der Waals surface area contributed by atoms with Gasteiger partial charge in [0.15, 0.2) is 0 Å². The van der Waals surface area contributed by atoms with E-state index in [-0.39, 0.29) is 5.91 Å². The van der Waals surface area contributed by atoms with Gasteiger partial charge in [0.1, 0.15) is 0 Å². The Labute approximate surface area is 159 Å². The lowest BCUT2D eigenvalue weighted by Gasteiger charge is -2.34. The van der Waals surface area contributed by atoms with Crippen molar-refractivity contribution < 1.29 is 4.79 Å². The van der Waals surface area contributed by atoms with Crippen LogP contribution in [0, 0.1) is 13.8 Å². The highest BCUT2D eigenvalue weighted by molar-refractivity contribution is 5.76. The third-order valence-corrected chi connectivity index (χ3v) is 6.29. The first-order valence-electron chi connectivity index (χ1n) is 10.2. The van der Waals surface area contributed by atoms with Gasteiger partial charge < -0.3 is 4.90 Å². The summed E-state index contributed by atoms with van der Waals surface area (Å²) in [6.45, 7) is 12.8. The van der Waals surface area contributed by atoms with Crippen LogP contribution in [0.2, 0.25) is 0 Å². The molecule has 2 heterocycles. The molecule has 2 aliphatic heterocycles. The molecule has 26 heavy (non-hydrogen) atoms. The van der Waals surface area contributed by atoms with Crippen molar-refractivity contribution in [1.29, 1.82) is 0 Å². The lowest BCUT2D eigenvalue weighted by Crippen LogP contribution is -2.37. The second-order valence-electron chi connectivity index (χ2n) is 8.36. The minimum absolute atomic E-state index is 0.272. The highest BCUT2D eigenvalue weighted by Gasteiger charge is 2.21. The number of hydrogen-bond donors (Lipinski definition) is 0. The summed E-state index contributed by atoms with van der Waals surface area (Å²) in [4.78, 5) is 18.9. The number of hydrogen-bond acceptors (Lipinski definition) is 3. The average Bonchev–Trinajstić information content (AvgIpc) is 2.76. The number of amides is 1. The molecule has 144 valence electrons. The summed E-state index contributed by atoms with van der Waals surface area (Å²) >= 11 is 0. The van der Waals surface area contributed by atoms with E-state index in [4.69, 9.17) is 0 Å². The number of aryl methyl sites for hydroxylation is 1. The fraction of sp³-hybridized carbons (Fsp3) is 0.682. The van der Waals surface area contributed by atoms with Crippen LogP contribution in [-0.4, -0.2) is 59.9 Å². The maximum Gasteiger partial charge on any atom is 0.223 e. The van der Waals surface area contributed by atoms with Gasteiger partial charge in [-0.25, -0.2) is 0 Å². The normalized spacial score (nSPS) is 23.3. The zero-order valence-corrected chi connectivity index (χ0v) is 17.1. The van der Waals surface area contributed by atoms with Crippen LogP contribution in [0.15, 0.2) is 12.1 Å². The van der Waals surface area contributed by atoms with Crippen molar-refractivity contribution in [3.05, 3.63) is 34.4 Å². The monoisotopic (exact) mass is 357 g/mol. The third kappa shape index (κ3) is 4.66. The van der Waals surface area contributed by atoms with Gasteiger partial charge in [-0.2, -0.15) is 0 Å². The zero-order valence-electron chi connectivity index (χ0n) is 17.1. The molecule has 0 N–H and O–H groups in total. The number of likely N-dealkylation sites (tertiary alicyclic amines) is 1. The van der Waals surface area contributed by atoms with Crippen LogP contribution in [-0.2, 0) is 17.9 Å². The first kappa shape index (κ1) is 19.4. The standard InChI is InChI=1S/C22H35N3O/c1-17-13-20(15-24-10-8-22(26)23(4)11-12-24)19(3)21(14-17)16-25-9-6-5-7-18(25)2/h13-14,18H,5-12,15-16H2,1-4H3/t18-/m0/s1. The van der Waals surface area contributed by atoms with Crippen molar-refractivity contribution in [3.63, 3.8) is 0 Å². The molecular weight excluding hydrogens is 322 g/mol.